The number of halogens is 4. The Hall–Kier alpha value is -1.85. The predicted molar refractivity (Wildman–Crippen MR) is 73.4 cm³/mol. The summed E-state index contributed by atoms with van der Waals surface area (Å²) in [5.74, 6) is 0.501. The van der Waals surface area contributed by atoms with Crippen molar-refractivity contribution < 1.29 is 30.9 Å². The van der Waals surface area contributed by atoms with E-state index in [2.05, 4.69) is 21.9 Å². The van der Waals surface area contributed by atoms with Crippen LogP contribution in [0.3, 0.4) is 0 Å². The average molecular weight is 372 g/mol. The van der Waals surface area contributed by atoms with Gasteiger partial charge >= 0.3 is 20.6 Å². The molecule has 1 N–H and O–H groups in total. The number of hydrogen-bond donors (Lipinski definition) is 1. The first-order valence-corrected chi connectivity index (χ1v) is 7.62. The normalized spacial score (nSPS) is 15.2. The van der Waals surface area contributed by atoms with Crippen LogP contribution >= 0.6 is 11.6 Å². The van der Waals surface area contributed by atoms with E-state index in [0.717, 1.165) is 0 Å². The number of ether oxygens (including phenoxy) is 1. The van der Waals surface area contributed by atoms with Gasteiger partial charge in [-0.1, -0.05) is 16.8 Å². The lowest BCUT2D eigenvalue weighted by molar-refractivity contribution is -0.144. The van der Waals surface area contributed by atoms with Gasteiger partial charge in [0, 0.05) is 5.56 Å². The smallest absolute Gasteiger partial charge is 0.410 e. The summed E-state index contributed by atoms with van der Waals surface area (Å²) in [5, 5.41) is 6.37. The van der Waals surface area contributed by atoms with E-state index in [1.807, 2.05) is 0 Å². The molecule has 0 aliphatic heterocycles. The van der Waals surface area contributed by atoms with E-state index >= 15 is 0 Å². The van der Waals surface area contributed by atoms with Gasteiger partial charge in [0.05, 0.1) is 13.3 Å². The largest absolute Gasteiger partial charge is 0.497 e. The molecule has 1 heterocycles. The molecular formula is C11H9ClF3N3O4S. The summed E-state index contributed by atoms with van der Waals surface area (Å²) in [5.41, 5.74) is 0.230. The van der Waals surface area contributed by atoms with Gasteiger partial charge in [-0.3, -0.25) is 4.55 Å². The molecule has 0 amide bonds. The van der Waals surface area contributed by atoms with E-state index in [-0.39, 0.29) is 10.4 Å². The zero-order valence-corrected chi connectivity index (χ0v) is 12.9. The second-order valence-corrected chi connectivity index (χ2v) is 6.57. The summed E-state index contributed by atoms with van der Waals surface area (Å²) in [6, 6.07) is 1.08. The van der Waals surface area contributed by atoms with E-state index in [9.17, 15) is 21.6 Å². The van der Waals surface area contributed by atoms with Crippen molar-refractivity contribution in [2.45, 2.75) is 10.5 Å². The van der Waals surface area contributed by atoms with Gasteiger partial charge in [0.2, 0.25) is 0 Å². The second-order valence-electron chi connectivity index (χ2n) is 4.31. The van der Waals surface area contributed by atoms with E-state index in [1.165, 1.54) is 31.4 Å². The van der Waals surface area contributed by atoms with E-state index in [0.29, 0.717) is 17.5 Å². The predicted octanol–water partition coefficient (Wildman–Crippen LogP) is 2.25. The highest BCUT2D eigenvalue weighted by Gasteiger charge is 2.66. The Morgan fingerprint density at radius 3 is 2.30 bits per heavy atom. The monoisotopic (exact) mass is 371 g/mol. The molecule has 0 radical (unpaired) electrons. The first-order valence-electron chi connectivity index (χ1n) is 5.80. The zero-order valence-electron chi connectivity index (χ0n) is 11.3. The van der Waals surface area contributed by atoms with Crippen molar-refractivity contribution in [2.75, 3.05) is 7.11 Å². The second kappa shape index (κ2) is 5.65. The summed E-state index contributed by atoms with van der Waals surface area (Å²) < 4.78 is 71.1. The molecule has 1 aromatic heterocycles. The lowest BCUT2D eigenvalue weighted by Crippen LogP contribution is -2.48. The lowest BCUT2D eigenvalue weighted by Gasteiger charge is -2.24. The maximum Gasteiger partial charge on any atom is 0.410 e. The van der Waals surface area contributed by atoms with Crippen LogP contribution in [0.4, 0.5) is 13.2 Å². The number of benzene rings is 1. The molecule has 23 heavy (non-hydrogen) atoms. The standard InChI is InChI=1S/C11H9ClF3N3O4S/c1-22-8-4-2-7(3-5-8)9-6-18(17-16-9)11(14,15)10(12,13)23(19,20)21/h2-6H,1H3,(H,19,20,21). The Kier molecular flexibility index (Phi) is 4.30. The summed E-state index contributed by atoms with van der Waals surface area (Å²) in [7, 11) is -4.50. The molecule has 0 saturated heterocycles. The molecule has 0 aliphatic rings. The van der Waals surface area contributed by atoms with Crippen LogP contribution < -0.4 is 4.74 Å². The van der Waals surface area contributed by atoms with Crippen LogP contribution in [0.15, 0.2) is 30.5 Å². The van der Waals surface area contributed by atoms with Gasteiger partial charge in [-0.25, -0.2) is 0 Å². The summed E-state index contributed by atoms with van der Waals surface area (Å²) in [6.07, 6.45) is 0.587. The van der Waals surface area contributed by atoms with Gasteiger partial charge in [-0.2, -0.15) is 26.3 Å². The number of hydrogen-bond acceptors (Lipinski definition) is 5. The van der Waals surface area contributed by atoms with Gasteiger partial charge < -0.3 is 4.74 Å². The van der Waals surface area contributed by atoms with Crippen molar-refractivity contribution >= 4 is 21.7 Å². The summed E-state index contributed by atoms with van der Waals surface area (Å²) in [4.78, 5) is 0. The Morgan fingerprint density at radius 2 is 1.83 bits per heavy atom. The number of aromatic nitrogens is 3. The highest BCUT2D eigenvalue weighted by Crippen LogP contribution is 2.43. The molecule has 1 aromatic carbocycles. The minimum absolute atomic E-state index is 0.102. The Morgan fingerprint density at radius 1 is 1.26 bits per heavy atom. The van der Waals surface area contributed by atoms with Gasteiger partial charge in [0.1, 0.15) is 11.4 Å². The Labute approximate surface area is 133 Å². The highest BCUT2D eigenvalue weighted by atomic mass is 35.5. The minimum atomic E-state index is -5.93. The SMILES string of the molecule is COc1ccc(-c2cn(C(F)(F)C(F)(Cl)S(=O)(=O)O)nn2)cc1. The maximum absolute atomic E-state index is 13.9. The molecule has 2 rings (SSSR count). The Balaban J connectivity index is 2.41. The molecule has 0 bridgehead atoms. The molecule has 0 aliphatic carbocycles. The molecule has 0 saturated carbocycles. The zero-order chi connectivity index (χ0) is 17.5. The third-order valence-electron chi connectivity index (χ3n) is 2.84. The molecule has 12 heteroatoms. The van der Waals surface area contributed by atoms with Crippen LogP contribution in [-0.2, 0) is 16.2 Å². The lowest BCUT2D eigenvalue weighted by atomic mass is 10.2. The molecule has 0 spiro atoms. The van der Waals surface area contributed by atoms with E-state index < -0.39 is 20.6 Å². The topological polar surface area (TPSA) is 94.3 Å². The fourth-order valence-electron chi connectivity index (χ4n) is 1.58. The highest BCUT2D eigenvalue weighted by molar-refractivity contribution is 7.88. The van der Waals surface area contributed by atoms with Crippen LogP contribution in [0.25, 0.3) is 11.3 Å². The van der Waals surface area contributed by atoms with Crippen molar-refractivity contribution in [3.05, 3.63) is 30.5 Å². The van der Waals surface area contributed by atoms with Crippen LogP contribution in [0.1, 0.15) is 0 Å². The number of rotatable bonds is 5. The number of methoxy groups -OCH3 is 1. The first-order chi connectivity index (χ1) is 10.5. The third kappa shape index (κ3) is 2.99. The quantitative estimate of drug-likeness (QED) is 0.640. The van der Waals surface area contributed by atoms with Gasteiger partial charge in [0.15, 0.2) is 0 Å². The molecular weight excluding hydrogens is 363 g/mol. The van der Waals surface area contributed by atoms with Gasteiger partial charge in [-0.05, 0) is 24.3 Å². The van der Waals surface area contributed by atoms with Crippen LogP contribution in [0.5, 0.6) is 5.75 Å². The third-order valence-corrected chi connectivity index (χ3v) is 4.55. The first kappa shape index (κ1) is 17.5. The van der Waals surface area contributed by atoms with Crippen molar-refractivity contribution in [3.63, 3.8) is 0 Å². The fourth-order valence-corrected chi connectivity index (χ4v) is 2.07. The van der Waals surface area contributed by atoms with Crippen molar-refractivity contribution in [3.8, 4) is 17.0 Å². The Bertz CT molecular complexity index is 808. The summed E-state index contributed by atoms with van der Waals surface area (Å²) in [6.45, 7) is 0. The van der Waals surface area contributed by atoms with Crippen LogP contribution in [-0.4, -0.2) is 39.5 Å². The number of alkyl halides is 4. The molecule has 1 atom stereocenters. The maximum atomic E-state index is 13.9. The van der Waals surface area contributed by atoms with Gasteiger partial charge in [-0.15, -0.1) is 5.10 Å². The minimum Gasteiger partial charge on any atom is -0.497 e. The average Bonchev–Trinajstić information content (AvgIpc) is 2.96. The molecule has 7 nitrogen and oxygen atoms in total. The molecule has 126 valence electrons. The van der Waals surface area contributed by atoms with E-state index in [4.69, 9.17) is 9.29 Å². The fraction of sp³-hybridized carbons (Fsp3) is 0.273. The van der Waals surface area contributed by atoms with Crippen LogP contribution in [0.2, 0.25) is 0 Å². The molecule has 0 fully saturated rings. The summed E-state index contributed by atoms with van der Waals surface area (Å²) >= 11 is 4.67. The van der Waals surface area contributed by atoms with E-state index in [1.54, 1.807) is 0 Å². The van der Waals surface area contributed by atoms with Crippen molar-refractivity contribution in [1.82, 2.24) is 15.0 Å². The molecule has 1 unspecified atom stereocenters. The van der Waals surface area contributed by atoms with Crippen molar-refractivity contribution in [1.29, 1.82) is 0 Å². The van der Waals surface area contributed by atoms with Crippen molar-refractivity contribution in [2.24, 2.45) is 0 Å². The molecule has 2 aromatic rings. The number of nitrogens with zero attached hydrogens (tertiary/aromatic N) is 3. The van der Waals surface area contributed by atoms with Crippen LogP contribution in [0, 0.1) is 0 Å². The van der Waals surface area contributed by atoms with Gasteiger partial charge in [0.25, 0.3) is 0 Å².